The van der Waals surface area contributed by atoms with Crippen LogP contribution in [0.2, 0.25) is 0 Å². The molecule has 1 N–H and O–H groups in total. The number of carbonyl (C=O) groups excluding carboxylic acids is 2. The Morgan fingerprint density at radius 3 is 2.10 bits per heavy atom. The van der Waals surface area contributed by atoms with E-state index < -0.39 is 0 Å². The second-order valence-corrected chi connectivity index (χ2v) is 10.8. The van der Waals surface area contributed by atoms with Crippen molar-refractivity contribution in [2.45, 2.75) is 75.0 Å². The number of aryl methyl sites for hydroxylation is 1. The van der Waals surface area contributed by atoms with E-state index in [1.807, 2.05) is 54.3 Å². The Morgan fingerprint density at radius 2 is 1.44 bits per heavy atom. The third kappa shape index (κ3) is 11.2. The molecule has 39 heavy (non-hydrogen) atoms. The van der Waals surface area contributed by atoms with Crippen molar-refractivity contribution in [1.82, 2.24) is 5.32 Å². The molecule has 3 rings (SSSR count). The molecule has 3 aromatic carbocycles. The van der Waals surface area contributed by atoms with Crippen LogP contribution in [0, 0.1) is 0 Å². The molecule has 0 heterocycles. The summed E-state index contributed by atoms with van der Waals surface area (Å²) in [5.41, 5.74) is 3.13. The number of ether oxygens (including phenoxy) is 1. The molecule has 5 nitrogen and oxygen atoms in total. The van der Waals surface area contributed by atoms with E-state index in [0.717, 1.165) is 46.7 Å². The molecule has 3 aromatic rings. The minimum atomic E-state index is -0.206. The molecular formula is C33H42N2O3S. The lowest BCUT2D eigenvalue weighted by atomic mass is 10.1. The van der Waals surface area contributed by atoms with E-state index in [4.69, 9.17) is 4.74 Å². The molecule has 0 bridgehead atoms. The van der Waals surface area contributed by atoms with E-state index in [2.05, 4.69) is 48.6 Å². The number of urea groups is 1. The van der Waals surface area contributed by atoms with Gasteiger partial charge in [-0.1, -0.05) is 86.8 Å². The summed E-state index contributed by atoms with van der Waals surface area (Å²) >= 11 is 1.66. The quantitative estimate of drug-likeness (QED) is 0.146. The molecule has 0 spiro atoms. The van der Waals surface area contributed by atoms with Crippen LogP contribution < -0.4 is 10.2 Å². The molecule has 0 aliphatic heterocycles. The number of nitrogens with zero attached hydrogens (tertiary/aromatic N) is 1. The smallest absolute Gasteiger partial charge is 0.321 e. The molecule has 0 radical (unpaired) electrons. The zero-order valence-corrected chi connectivity index (χ0v) is 24.2. The Balaban J connectivity index is 1.59. The van der Waals surface area contributed by atoms with Gasteiger partial charge in [0.25, 0.3) is 0 Å². The summed E-state index contributed by atoms with van der Waals surface area (Å²) in [6.07, 6.45) is 7.97. The largest absolute Gasteiger partial charge is 0.466 e. The molecule has 0 aromatic heterocycles. The van der Waals surface area contributed by atoms with E-state index in [9.17, 15) is 9.59 Å². The lowest BCUT2D eigenvalue weighted by molar-refractivity contribution is -0.142. The van der Waals surface area contributed by atoms with E-state index in [-0.39, 0.29) is 18.4 Å². The van der Waals surface area contributed by atoms with Crippen LogP contribution in [0.5, 0.6) is 0 Å². The normalized spacial score (nSPS) is 10.7. The molecule has 0 aliphatic rings. The number of nitrogens with one attached hydrogen (secondary N) is 1. The number of rotatable bonds is 16. The monoisotopic (exact) mass is 546 g/mol. The van der Waals surface area contributed by atoms with Gasteiger partial charge in [-0.15, -0.1) is 0 Å². The Morgan fingerprint density at radius 1 is 0.769 bits per heavy atom. The van der Waals surface area contributed by atoms with Crippen molar-refractivity contribution in [1.29, 1.82) is 0 Å². The maximum absolute atomic E-state index is 13.2. The van der Waals surface area contributed by atoms with Crippen molar-refractivity contribution in [2.24, 2.45) is 0 Å². The summed E-state index contributed by atoms with van der Waals surface area (Å²) in [6.45, 7) is 5.79. The Kier molecular flexibility index (Phi) is 13.5. The fourth-order valence-electron chi connectivity index (χ4n) is 4.34. The average molecular weight is 547 g/mol. The summed E-state index contributed by atoms with van der Waals surface area (Å²) in [7, 11) is 0. The summed E-state index contributed by atoms with van der Waals surface area (Å²) < 4.78 is 5.03. The molecule has 0 unspecified atom stereocenters. The minimum Gasteiger partial charge on any atom is -0.466 e. The highest BCUT2D eigenvalue weighted by Crippen LogP contribution is 2.30. The third-order valence-corrected chi connectivity index (χ3v) is 7.47. The van der Waals surface area contributed by atoms with Crippen molar-refractivity contribution in [3.8, 4) is 0 Å². The molecule has 0 saturated heterocycles. The second-order valence-electron chi connectivity index (χ2n) is 9.61. The Hall–Kier alpha value is -3.25. The van der Waals surface area contributed by atoms with Crippen LogP contribution in [0.25, 0.3) is 0 Å². The van der Waals surface area contributed by atoms with Crippen molar-refractivity contribution < 1.29 is 14.3 Å². The zero-order chi connectivity index (χ0) is 27.7. The van der Waals surface area contributed by atoms with Crippen molar-refractivity contribution >= 4 is 29.4 Å². The SMILES string of the molecule is CCCCCCCNC(=O)N(CCCc1ccccc1)c1ccc(Sc2ccc(CC(=O)OCC)cc2)cc1. The lowest BCUT2D eigenvalue weighted by Gasteiger charge is -2.24. The molecular weight excluding hydrogens is 504 g/mol. The van der Waals surface area contributed by atoms with Crippen LogP contribution >= 0.6 is 11.8 Å². The number of amides is 2. The fourth-order valence-corrected chi connectivity index (χ4v) is 5.15. The van der Waals surface area contributed by atoms with E-state index in [1.54, 1.807) is 11.8 Å². The fraction of sp³-hybridized carbons (Fsp3) is 0.394. The van der Waals surface area contributed by atoms with Crippen LogP contribution in [-0.2, 0) is 22.4 Å². The standard InChI is InChI=1S/C33H42N2O3S/c1-3-5-6-7-11-24-34-33(37)35(25-12-15-27-13-9-8-10-14-27)29-18-22-31(23-19-29)39-30-20-16-28(17-21-30)26-32(36)38-4-2/h8-10,13-14,16-23H,3-7,11-12,15,24-26H2,1-2H3,(H,34,37). The van der Waals surface area contributed by atoms with Gasteiger partial charge in [0, 0.05) is 28.6 Å². The number of unbranched alkanes of at least 4 members (excludes halogenated alkanes) is 4. The maximum atomic E-state index is 13.2. The topological polar surface area (TPSA) is 58.6 Å². The van der Waals surface area contributed by atoms with Crippen molar-refractivity contribution in [3.05, 3.63) is 90.0 Å². The maximum Gasteiger partial charge on any atom is 0.321 e. The number of hydrogen-bond acceptors (Lipinski definition) is 4. The van der Waals surface area contributed by atoms with E-state index in [1.165, 1.54) is 24.8 Å². The molecule has 0 aliphatic carbocycles. The van der Waals surface area contributed by atoms with Gasteiger partial charge in [0.15, 0.2) is 0 Å². The predicted molar refractivity (Wildman–Crippen MR) is 162 cm³/mol. The summed E-state index contributed by atoms with van der Waals surface area (Å²) in [5.74, 6) is -0.206. The summed E-state index contributed by atoms with van der Waals surface area (Å²) in [4.78, 5) is 28.9. The molecule has 0 fully saturated rings. The van der Waals surface area contributed by atoms with Gasteiger partial charge < -0.3 is 10.1 Å². The van der Waals surface area contributed by atoms with Gasteiger partial charge in [-0.05, 0) is 73.7 Å². The highest BCUT2D eigenvalue weighted by molar-refractivity contribution is 7.99. The van der Waals surface area contributed by atoms with Gasteiger partial charge in [0.1, 0.15) is 0 Å². The van der Waals surface area contributed by atoms with Crippen LogP contribution in [0.3, 0.4) is 0 Å². The molecule has 6 heteroatoms. The van der Waals surface area contributed by atoms with Crippen molar-refractivity contribution in [3.63, 3.8) is 0 Å². The molecule has 0 saturated carbocycles. The van der Waals surface area contributed by atoms with Gasteiger partial charge in [-0.25, -0.2) is 4.79 Å². The number of esters is 1. The summed E-state index contributed by atoms with van der Waals surface area (Å²) in [6, 6.07) is 26.6. The third-order valence-electron chi connectivity index (χ3n) is 6.45. The van der Waals surface area contributed by atoms with Crippen LogP contribution in [0.4, 0.5) is 10.5 Å². The Labute approximate surface area is 238 Å². The zero-order valence-electron chi connectivity index (χ0n) is 23.4. The molecule has 2 amide bonds. The lowest BCUT2D eigenvalue weighted by Crippen LogP contribution is -2.41. The molecule has 208 valence electrons. The molecule has 0 atom stereocenters. The average Bonchev–Trinajstić information content (AvgIpc) is 2.95. The van der Waals surface area contributed by atoms with Gasteiger partial charge >= 0.3 is 12.0 Å². The highest BCUT2D eigenvalue weighted by Gasteiger charge is 2.15. The first-order valence-corrected chi connectivity index (χ1v) is 15.0. The first kappa shape index (κ1) is 30.3. The van der Waals surface area contributed by atoms with Gasteiger partial charge in [0.2, 0.25) is 0 Å². The number of benzene rings is 3. The second kappa shape index (κ2) is 17.4. The Bertz CT molecular complexity index is 1120. The van der Waals surface area contributed by atoms with Crippen molar-refractivity contribution in [2.75, 3.05) is 24.6 Å². The minimum absolute atomic E-state index is 0.0313. The van der Waals surface area contributed by atoms with Crippen LogP contribution in [0.1, 0.15) is 63.5 Å². The van der Waals surface area contributed by atoms with E-state index >= 15 is 0 Å². The first-order valence-electron chi connectivity index (χ1n) is 14.2. The highest BCUT2D eigenvalue weighted by atomic mass is 32.2. The van der Waals surface area contributed by atoms with E-state index in [0.29, 0.717) is 19.7 Å². The predicted octanol–water partition coefficient (Wildman–Crippen LogP) is 8.06. The van der Waals surface area contributed by atoms with Gasteiger partial charge in [0.05, 0.1) is 13.0 Å². The number of hydrogen-bond donors (Lipinski definition) is 1. The first-order chi connectivity index (χ1) is 19.1. The number of carbonyl (C=O) groups is 2. The van der Waals surface area contributed by atoms with Gasteiger partial charge in [-0.2, -0.15) is 0 Å². The van der Waals surface area contributed by atoms with Crippen LogP contribution in [-0.4, -0.2) is 31.7 Å². The van der Waals surface area contributed by atoms with Crippen LogP contribution in [0.15, 0.2) is 88.7 Å². The van der Waals surface area contributed by atoms with Gasteiger partial charge in [-0.3, -0.25) is 9.69 Å². The summed E-state index contributed by atoms with van der Waals surface area (Å²) in [5, 5.41) is 3.14. The number of anilines is 1.